The van der Waals surface area contributed by atoms with Crippen molar-refractivity contribution in [1.82, 2.24) is 4.98 Å². The lowest BCUT2D eigenvalue weighted by Gasteiger charge is -2.32. The van der Waals surface area contributed by atoms with Gasteiger partial charge >= 0.3 is 13.1 Å². The van der Waals surface area contributed by atoms with Crippen molar-refractivity contribution in [3.05, 3.63) is 35.6 Å². The molecule has 0 atom stereocenters. The Morgan fingerprint density at radius 3 is 2.45 bits per heavy atom. The number of carboxylic acids is 1. The lowest BCUT2D eigenvalue weighted by atomic mass is 9.89. The molecule has 106 valence electrons. The van der Waals surface area contributed by atoms with E-state index in [1.54, 1.807) is 24.2 Å². The SMILES string of the molecule is CC1(C)OB(/C=C/c2cccnc2C(=O)O)OC1(C)C. The second-order valence-corrected chi connectivity index (χ2v) is 5.73. The van der Waals surface area contributed by atoms with E-state index in [0.29, 0.717) is 5.56 Å². The summed E-state index contributed by atoms with van der Waals surface area (Å²) in [5.74, 6) is 0.652. The molecular formula is C14H18BNO4. The van der Waals surface area contributed by atoms with Crippen LogP contribution in [0.15, 0.2) is 24.3 Å². The van der Waals surface area contributed by atoms with Crippen molar-refractivity contribution >= 4 is 19.2 Å². The van der Waals surface area contributed by atoms with Crippen LogP contribution in [0.5, 0.6) is 0 Å². The Kier molecular flexibility index (Phi) is 3.71. The Balaban J connectivity index is 2.18. The molecule has 0 bridgehead atoms. The van der Waals surface area contributed by atoms with Crippen LogP contribution in [0.4, 0.5) is 0 Å². The molecule has 1 aliphatic heterocycles. The molecule has 5 nitrogen and oxygen atoms in total. The Hall–Kier alpha value is -1.66. The lowest BCUT2D eigenvalue weighted by molar-refractivity contribution is 0.00578. The maximum atomic E-state index is 11.1. The Morgan fingerprint density at radius 2 is 1.90 bits per heavy atom. The van der Waals surface area contributed by atoms with E-state index in [9.17, 15) is 4.79 Å². The fourth-order valence-corrected chi connectivity index (χ4v) is 1.88. The van der Waals surface area contributed by atoms with Gasteiger partial charge in [0.2, 0.25) is 0 Å². The first-order valence-electron chi connectivity index (χ1n) is 6.45. The zero-order chi connectivity index (χ0) is 15.0. The average molecular weight is 275 g/mol. The van der Waals surface area contributed by atoms with Crippen molar-refractivity contribution in [3.63, 3.8) is 0 Å². The van der Waals surface area contributed by atoms with Crippen molar-refractivity contribution in [2.45, 2.75) is 38.9 Å². The van der Waals surface area contributed by atoms with Gasteiger partial charge in [-0.05, 0) is 33.8 Å². The Morgan fingerprint density at radius 1 is 1.30 bits per heavy atom. The second kappa shape index (κ2) is 5.03. The highest BCUT2D eigenvalue weighted by Crippen LogP contribution is 2.37. The minimum absolute atomic E-state index is 0.0141. The van der Waals surface area contributed by atoms with E-state index in [1.807, 2.05) is 27.7 Å². The summed E-state index contributed by atoms with van der Waals surface area (Å²) in [5, 5.41) is 9.06. The summed E-state index contributed by atoms with van der Waals surface area (Å²) in [4.78, 5) is 14.9. The molecule has 0 aliphatic carbocycles. The van der Waals surface area contributed by atoms with E-state index < -0.39 is 24.3 Å². The maximum absolute atomic E-state index is 11.1. The van der Waals surface area contributed by atoms with Crippen LogP contribution in [0, 0.1) is 0 Å². The van der Waals surface area contributed by atoms with Crippen LogP contribution in [-0.4, -0.2) is 34.4 Å². The number of hydrogen-bond acceptors (Lipinski definition) is 4. The van der Waals surface area contributed by atoms with Gasteiger partial charge in [0.1, 0.15) is 0 Å². The van der Waals surface area contributed by atoms with Gasteiger partial charge in [-0.1, -0.05) is 18.1 Å². The first kappa shape index (κ1) is 14.7. The molecule has 0 aromatic carbocycles. The molecule has 0 radical (unpaired) electrons. The third kappa shape index (κ3) is 2.76. The number of carboxylic acid groups (broad SMARTS) is 1. The molecule has 0 unspecified atom stereocenters. The molecule has 1 aliphatic rings. The summed E-state index contributed by atoms with van der Waals surface area (Å²) in [7, 11) is -0.498. The molecule has 0 amide bonds. The molecule has 6 heteroatoms. The highest BCUT2D eigenvalue weighted by Gasteiger charge is 2.50. The van der Waals surface area contributed by atoms with Gasteiger partial charge in [0.05, 0.1) is 11.2 Å². The standard InChI is InChI=1S/C14H18BNO4/c1-13(2)14(3,4)20-15(19-13)8-7-10-6-5-9-16-11(10)12(17)18/h5-9H,1-4H3,(H,17,18)/b8-7+. The molecule has 2 rings (SSSR count). The molecule has 0 saturated carbocycles. The number of nitrogens with zero attached hydrogens (tertiary/aromatic N) is 1. The second-order valence-electron chi connectivity index (χ2n) is 5.73. The van der Waals surface area contributed by atoms with Gasteiger partial charge in [-0.2, -0.15) is 0 Å². The van der Waals surface area contributed by atoms with Crippen LogP contribution in [0.25, 0.3) is 6.08 Å². The van der Waals surface area contributed by atoms with Crippen LogP contribution >= 0.6 is 0 Å². The Bertz CT molecular complexity index is 538. The van der Waals surface area contributed by atoms with Gasteiger partial charge in [-0.25, -0.2) is 9.78 Å². The van der Waals surface area contributed by atoms with Gasteiger partial charge in [0, 0.05) is 11.8 Å². The summed E-state index contributed by atoms with van der Waals surface area (Å²) >= 11 is 0. The third-order valence-corrected chi connectivity index (χ3v) is 3.75. The highest BCUT2D eigenvalue weighted by molar-refractivity contribution is 6.52. The quantitative estimate of drug-likeness (QED) is 0.858. The fourth-order valence-electron chi connectivity index (χ4n) is 1.88. The molecule has 1 saturated heterocycles. The monoisotopic (exact) mass is 275 g/mol. The summed E-state index contributed by atoms with van der Waals surface area (Å²) in [6.45, 7) is 7.86. The van der Waals surface area contributed by atoms with E-state index in [1.165, 1.54) is 6.20 Å². The molecule has 20 heavy (non-hydrogen) atoms. The number of aromatic nitrogens is 1. The van der Waals surface area contributed by atoms with Gasteiger partial charge in [-0.3, -0.25) is 0 Å². The molecule has 1 fully saturated rings. The maximum Gasteiger partial charge on any atom is 0.487 e. The van der Waals surface area contributed by atoms with Crippen molar-refractivity contribution in [3.8, 4) is 0 Å². The minimum Gasteiger partial charge on any atom is -0.476 e. The van der Waals surface area contributed by atoms with E-state index >= 15 is 0 Å². The highest BCUT2D eigenvalue weighted by atomic mass is 16.7. The van der Waals surface area contributed by atoms with Crippen LogP contribution < -0.4 is 0 Å². The van der Waals surface area contributed by atoms with Crippen LogP contribution in [0.3, 0.4) is 0 Å². The molecule has 0 spiro atoms. The van der Waals surface area contributed by atoms with Crippen LogP contribution in [-0.2, 0) is 9.31 Å². The number of rotatable bonds is 3. The van der Waals surface area contributed by atoms with Crippen LogP contribution in [0.1, 0.15) is 43.7 Å². The Labute approximate surface area is 118 Å². The predicted molar refractivity (Wildman–Crippen MR) is 76.3 cm³/mol. The predicted octanol–water partition coefficient (Wildman–Crippen LogP) is 2.42. The largest absolute Gasteiger partial charge is 0.487 e. The van der Waals surface area contributed by atoms with E-state index in [0.717, 1.165) is 0 Å². The van der Waals surface area contributed by atoms with Gasteiger partial charge in [0.15, 0.2) is 5.69 Å². The number of aromatic carboxylic acids is 1. The number of carbonyl (C=O) groups is 1. The summed E-state index contributed by atoms with van der Waals surface area (Å²) < 4.78 is 11.6. The number of hydrogen-bond donors (Lipinski definition) is 1. The normalized spacial score (nSPS) is 20.5. The smallest absolute Gasteiger partial charge is 0.476 e. The summed E-state index contributed by atoms with van der Waals surface area (Å²) in [5.41, 5.74) is -0.283. The van der Waals surface area contributed by atoms with E-state index in [2.05, 4.69) is 4.98 Å². The van der Waals surface area contributed by atoms with Crippen molar-refractivity contribution in [1.29, 1.82) is 0 Å². The third-order valence-electron chi connectivity index (χ3n) is 3.75. The first-order chi connectivity index (χ1) is 9.23. The van der Waals surface area contributed by atoms with Crippen molar-refractivity contribution in [2.75, 3.05) is 0 Å². The molecule has 2 heterocycles. The zero-order valence-electron chi connectivity index (χ0n) is 12.1. The first-order valence-corrected chi connectivity index (χ1v) is 6.45. The van der Waals surface area contributed by atoms with Crippen LogP contribution in [0.2, 0.25) is 0 Å². The van der Waals surface area contributed by atoms with E-state index in [-0.39, 0.29) is 5.69 Å². The van der Waals surface area contributed by atoms with Gasteiger partial charge < -0.3 is 14.4 Å². The van der Waals surface area contributed by atoms with E-state index in [4.69, 9.17) is 14.4 Å². The lowest BCUT2D eigenvalue weighted by Crippen LogP contribution is -2.41. The average Bonchev–Trinajstić information content (AvgIpc) is 2.55. The molecule has 1 aromatic heterocycles. The molecule has 1 N–H and O–H groups in total. The van der Waals surface area contributed by atoms with Gasteiger partial charge in [-0.15, -0.1) is 0 Å². The van der Waals surface area contributed by atoms with Gasteiger partial charge in [0.25, 0.3) is 0 Å². The molecule has 1 aromatic rings. The fraction of sp³-hybridized carbons (Fsp3) is 0.429. The summed E-state index contributed by atoms with van der Waals surface area (Å²) in [6, 6.07) is 3.38. The topological polar surface area (TPSA) is 68.7 Å². The minimum atomic E-state index is -1.06. The van der Waals surface area contributed by atoms with Crippen molar-refractivity contribution < 1.29 is 19.2 Å². The van der Waals surface area contributed by atoms with Crippen molar-refractivity contribution in [2.24, 2.45) is 0 Å². The number of pyridine rings is 1. The molecular weight excluding hydrogens is 257 g/mol. The zero-order valence-corrected chi connectivity index (χ0v) is 12.1. The summed E-state index contributed by atoms with van der Waals surface area (Å²) in [6.07, 6.45) is 3.12.